The molecule has 0 fully saturated rings. The first-order valence-corrected chi connectivity index (χ1v) is 9.30. The SMILES string of the molecule is CC(C)NC(=O)c1ccc(N(CCc2ccccc2Cl)S(=O)[O-])cc1. The zero-order chi connectivity index (χ0) is 18.4. The summed E-state index contributed by atoms with van der Waals surface area (Å²) in [4.78, 5) is 12.0. The van der Waals surface area contributed by atoms with Crippen molar-refractivity contribution in [1.82, 2.24) is 5.32 Å². The molecular formula is C18H20ClN2O3S-. The van der Waals surface area contributed by atoms with Crippen molar-refractivity contribution in [1.29, 1.82) is 0 Å². The average Bonchev–Trinajstić information content (AvgIpc) is 2.56. The van der Waals surface area contributed by atoms with Gasteiger partial charge in [-0.2, -0.15) is 0 Å². The lowest BCUT2D eigenvalue weighted by Crippen LogP contribution is -2.30. The topological polar surface area (TPSA) is 72.5 Å². The van der Waals surface area contributed by atoms with Crippen molar-refractivity contribution in [3.05, 3.63) is 64.7 Å². The number of amides is 1. The van der Waals surface area contributed by atoms with Crippen LogP contribution in [0.4, 0.5) is 5.69 Å². The summed E-state index contributed by atoms with van der Waals surface area (Å²) in [5.41, 5.74) is 1.87. The first-order valence-electron chi connectivity index (χ1n) is 7.89. The van der Waals surface area contributed by atoms with Crippen LogP contribution in [0.5, 0.6) is 0 Å². The molecule has 1 unspecified atom stereocenters. The maximum Gasteiger partial charge on any atom is 0.251 e. The number of rotatable bonds is 7. The first kappa shape index (κ1) is 19.4. The Morgan fingerprint density at radius 3 is 2.40 bits per heavy atom. The standard InChI is InChI=1S/C18H21ClN2O3S/c1-13(2)20-18(22)15-7-9-16(10-8-15)21(25(23)24)12-11-14-5-3-4-6-17(14)19/h3-10,13H,11-12H2,1-2H3,(H,20,22)(H,23,24)/p-1. The molecule has 0 heterocycles. The molecule has 0 spiro atoms. The second-order valence-electron chi connectivity index (χ2n) is 5.84. The fraction of sp³-hybridized carbons (Fsp3) is 0.278. The second kappa shape index (κ2) is 8.99. The van der Waals surface area contributed by atoms with E-state index >= 15 is 0 Å². The average molecular weight is 380 g/mol. The molecule has 7 heteroatoms. The lowest BCUT2D eigenvalue weighted by molar-refractivity contribution is 0.0943. The summed E-state index contributed by atoms with van der Waals surface area (Å²) in [5, 5.41) is 3.41. The minimum atomic E-state index is -2.42. The maximum atomic E-state index is 12.0. The zero-order valence-corrected chi connectivity index (χ0v) is 15.6. The van der Waals surface area contributed by atoms with Gasteiger partial charge in [0.2, 0.25) is 0 Å². The van der Waals surface area contributed by atoms with Crippen LogP contribution in [0.25, 0.3) is 0 Å². The van der Waals surface area contributed by atoms with E-state index in [1.54, 1.807) is 30.3 Å². The monoisotopic (exact) mass is 379 g/mol. The van der Waals surface area contributed by atoms with Crippen molar-refractivity contribution in [3.63, 3.8) is 0 Å². The molecule has 1 N–H and O–H groups in total. The quantitative estimate of drug-likeness (QED) is 0.750. The van der Waals surface area contributed by atoms with Crippen molar-refractivity contribution >= 4 is 34.5 Å². The van der Waals surface area contributed by atoms with Gasteiger partial charge in [-0.15, -0.1) is 0 Å². The van der Waals surface area contributed by atoms with Gasteiger partial charge in [-0.05, 0) is 56.2 Å². The van der Waals surface area contributed by atoms with Gasteiger partial charge in [0.1, 0.15) is 0 Å². The smallest absolute Gasteiger partial charge is 0.251 e. The van der Waals surface area contributed by atoms with E-state index in [2.05, 4.69) is 5.32 Å². The van der Waals surface area contributed by atoms with E-state index in [1.165, 1.54) is 4.31 Å². The Morgan fingerprint density at radius 1 is 1.20 bits per heavy atom. The molecule has 1 atom stereocenters. The fourth-order valence-corrected chi connectivity index (χ4v) is 3.10. The van der Waals surface area contributed by atoms with Crippen LogP contribution in [0.1, 0.15) is 29.8 Å². The molecule has 0 aromatic heterocycles. The molecule has 0 aliphatic carbocycles. The van der Waals surface area contributed by atoms with Gasteiger partial charge >= 0.3 is 0 Å². The molecule has 0 aliphatic rings. The van der Waals surface area contributed by atoms with Crippen molar-refractivity contribution in [2.45, 2.75) is 26.3 Å². The highest BCUT2D eigenvalue weighted by Crippen LogP contribution is 2.20. The highest BCUT2D eigenvalue weighted by atomic mass is 35.5. The second-order valence-corrected chi connectivity index (χ2v) is 7.12. The number of halogens is 1. The van der Waals surface area contributed by atoms with Crippen LogP contribution in [-0.4, -0.2) is 27.3 Å². The van der Waals surface area contributed by atoms with Gasteiger partial charge in [0.05, 0.1) is 0 Å². The zero-order valence-electron chi connectivity index (χ0n) is 14.1. The highest BCUT2D eigenvalue weighted by Gasteiger charge is 2.11. The van der Waals surface area contributed by atoms with E-state index in [0.29, 0.717) is 22.7 Å². The molecule has 2 aromatic carbocycles. The number of hydrogen-bond donors (Lipinski definition) is 1. The van der Waals surface area contributed by atoms with Gasteiger partial charge in [0.15, 0.2) is 0 Å². The molecule has 134 valence electrons. The van der Waals surface area contributed by atoms with E-state index in [0.717, 1.165) is 5.56 Å². The Kier molecular flexibility index (Phi) is 6.99. The Balaban J connectivity index is 2.11. The minimum absolute atomic E-state index is 0.0356. The first-order chi connectivity index (χ1) is 11.9. The molecule has 0 saturated heterocycles. The predicted octanol–water partition coefficient (Wildman–Crippen LogP) is 3.32. The summed E-state index contributed by atoms with van der Waals surface area (Å²) in [6.45, 7) is 4.02. The predicted molar refractivity (Wildman–Crippen MR) is 100 cm³/mol. The van der Waals surface area contributed by atoms with Gasteiger partial charge in [0.25, 0.3) is 5.91 Å². The van der Waals surface area contributed by atoms with E-state index in [4.69, 9.17) is 11.6 Å². The summed E-state index contributed by atoms with van der Waals surface area (Å²) >= 11 is 3.69. The largest absolute Gasteiger partial charge is 0.755 e. The molecule has 0 bridgehead atoms. The van der Waals surface area contributed by atoms with Crippen LogP contribution >= 0.6 is 11.6 Å². The van der Waals surface area contributed by atoms with Gasteiger partial charge in [0, 0.05) is 40.1 Å². The summed E-state index contributed by atoms with van der Waals surface area (Å²) in [5.74, 6) is -0.188. The maximum absolute atomic E-state index is 12.0. The molecule has 25 heavy (non-hydrogen) atoms. The minimum Gasteiger partial charge on any atom is -0.755 e. The van der Waals surface area contributed by atoms with Crippen LogP contribution in [0.15, 0.2) is 48.5 Å². The third-order valence-electron chi connectivity index (χ3n) is 3.56. The molecular weight excluding hydrogens is 360 g/mol. The summed E-state index contributed by atoms with van der Waals surface area (Å²) in [6, 6.07) is 13.8. The lowest BCUT2D eigenvalue weighted by atomic mass is 10.1. The van der Waals surface area contributed by atoms with Gasteiger partial charge in [-0.3, -0.25) is 9.00 Å². The third kappa shape index (κ3) is 5.56. The number of nitrogens with zero attached hydrogens (tertiary/aromatic N) is 1. The van der Waals surface area contributed by atoms with Gasteiger partial charge < -0.3 is 14.2 Å². The molecule has 1 amide bonds. The lowest BCUT2D eigenvalue weighted by Gasteiger charge is -2.26. The summed E-state index contributed by atoms with van der Waals surface area (Å²) < 4.78 is 24.4. The number of benzene rings is 2. The van der Waals surface area contributed by atoms with Crippen molar-refractivity contribution in [3.8, 4) is 0 Å². The van der Waals surface area contributed by atoms with Crippen LogP contribution in [0, 0.1) is 0 Å². The molecule has 0 aliphatic heterocycles. The van der Waals surface area contributed by atoms with Gasteiger partial charge in [-0.1, -0.05) is 29.8 Å². The van der Waals surface area contributed by atoms with Crippen LogP contribution in [-0.2, 0) is 17.7 Å². The fourth-order valence-electron chi connectivity index (χ4n) is 2.34. The molecule has 2 aromatic rings. The normalized spacial score (nSPS) is 12.0. The van der Waals surface area contributed by atoms with Crippen LogP contribution in [0.3, 0.4) is 0 Å². The molecule has 0 radical (unpaired) electrons. The third-order valence-corrected chi connectivity index (χ3v) is 4.68. The van der Waals surface area contributed by atoms with E-state index < -0.39 is 11.3 Å². The number of carbonyl (C=O) groups is 1. The molecule has 2 rings (SSSR count). The molecule has 5 nitrogen and oxygen atoms in total. The van der Waals surface area contributed by atoms with Crippen molar-refractivity contribution in [2.24, 2.45) is 0 Å². The van der Waals surface area contributed by atoms with Crippen LogP contribution < -0.4 is 9.62 Å². The number of carbonyl (C=O) groups excluding carboxylic acids is 1. The Morgan fingerprint density at radius 2 is 1.84 bits per heavy atom. The Hall–Kier alpha value is -1.89. The summed E-state index contributed by atoms with van der Waals surface area (Å²) in [7, 11) is 0. The van der Waals surface area contributed by atoms with Crippen molar-refractivity contribution in [2.75, 3.05) is 10.8 Å². The Bertz CT molecular complexity index is 750. The summed E-state index contributed by atoms with van der Waals surface area (Å²) in [6.07, 6.45) is 0.489. The highest BCUT2D eigenvalue weighted by molar-refractivity contribution is 7.80. The van der Waals surface area contributed by atoms with Crippen LogP contribution in [0.2, 0.25) is 5.02 Å². The Labute approximate surface area is 155 Å². The number of anilines is 1. The van der Waals surface area contributed by atoms with E-state index in [1.807, 2.05) is 32.0 Å². The van der Waals surface area contributed by atoms with E-state index in [-0.39, 0.29) is 18.5 Å². The van der Waals surface area contributed by atoms with Crippen molar-refractivity contribution < 1.29 is 13.6 Å². The van der Waals surface area contributed by atoms with E-state index in [9.17, 15) is 13.6 Å². The number of nitrogens with one attached hydrogen (secondary N) is 1. The number of hydrogen-bond acceptors (Lipinski definition) is 3. The van der Waals surface area contributed by atoms with Gasteiger partial charge in [-0.25, -0.2) is 0 Å². The molecule has 0 saturated carbocycles.